The van der Waals surface area contributed by atoms with E-state index in [2.05, 4.69) is 6.58 Å². The van der Waals surface area contributed by atoms with Crippen LogP contribution in [0.5, 0.6) is 17.2 Å². The van der Waals surface area contributed by atoms with Gasteiger partial charge in [0.25, 0.3) is 0 Å². The molecular weight excluding hydrogens is 542 g/mol. The molecule has 1 aromatic carbocycles. The molecule has 0 saturated carbocycles. The van der Waals surface area contributed by atoms with Crippen LogP contribution in [0, 0.1) is 7.14 Å². The Hall–Kier alpha value is -1.04. The molecule has 0 amide bonds. The van der Waals surface area contributed by atoms with Crippen LogP contribution in [0.3, 0.4) is 0 Å². The summed E-state index contributed by atoms with van der Waals surface area (Å²) in [6, 6.07) is 1.54. The first kappa shape index (κ1) is 21.0. The number of benzene rings is 1. The van der Waals surface area contributed by atoms with Crippen molar-refractivity contribution < 1.29 is 28.5 Å². The van der Waals surface area contributed by atoms with E-state index in [0.29, 0.717) is 12.9 Å². The van der Waals surface area contributed by atoms with E-state index >= 15 is 0 Å². The number of hydrogen-bond donors (Lipinski definition) is 0. The molecule has 0 saturated heterocycles. The second-order valence-corrected chi connectivity index (χ2v) is 8.01. The first-order valence-corrected chi connectivity index (χ1v) is 8.96. The SMILES string of the molecule is C=C(C)C(=O)Oc1cc(I)c(OC)c(I)c1OC(=O)OC(C)(C)C. The quantitative estimate of drug-likeness (QED) is 0.175. The number of rotatable bonds is 4. The Morgan fingerprint density at radius 1 is 1.12 bits per heavy atom. The van der Waals surface area contributed by atoms with Crippen LogP contribution in [0.2, 0.25) is 0 Å². The summed E-state index contributed by atoms with van der Waals surface area (Å²) < 4.78 is 22.2. The van der Waals surface area contributed by atoms with E-state index in [-0.39, 0.29) is 17.1 Å². The third-order valence-corrected chi connectivity index (χ3v) is 4.21. The maximum atomic E-state index is 12.0. The summed E-state index contributed by atoms with van der Waals surface area (Å²) >= 11 is 3.98. The summed E-state index contributed by atoms with van der Waals surface area (Å²) in [7, 11) is 1.50. The van der Waals surface area contributed by atoms with Crippen molar-refractivity contribution in [2.45, 2.75) is 33.3 Å². The van der Waals surface area contributed by atoms with Gasteiger partial charge in [-0.3, -0.25) is 0 Å². The summed E-state index contributed by atoms with van der Waals surface area (Å²) in [6.07, 6.45) is -0.906. The number of methoxy groups -OCH3 is 1. The minimum Gasteiger partial charge on any atom is -0.494 e. The molecule has 6 nitrogen and oxygen atoms in total. The van der Waals surface area contributed by atoms with Crippen molar-refractivity contribution in [3.8, 4) is 17.2 Å². The van der Waals surface area contributed by atoms with Crippen molar-refractivity contribution in [1.82, 2.24) is 0 Å². The summed E-state index contributed by atoms with van der Waals surface area (Å²) in [5.74, 6) is 0.0193. The van der Waals surface area contributed by atoms with Gasteiger partial charge in [0.05, 0.1) is 10.7 Å². The van der Waals surface area contributed by atoms with E-state index in [4.69, 9.17) is 18.9 Å². The van der Waals surface area contributed by atoms with Crippen molar-refractivity contribution in [2.24, 2.45) is 0 Å². The van der Waals surface area contributed by atoms with Crippen LogP contribution < -0.4 is 14.2 Å². The summed E-state index contributed by atoms with van der Waals surface area (Å²) in [5, 5.41) is 0. The van der Waals surface area contributed by atoms with Crippen LogP contribution in [0.1, 0.15) is 27.7 Å². The third kappa shape index (κ3) is 5.80. The molecule has 0 fully saturated rings. The van der Waals surface area contributed by atoms with Crippen LogP contribution in [0.4, 0.5) is 4.79 Å². The lowest BCUT2D eigenvalue weighted by atomic mass is 10.2. The zero-order chi connectivity index (χ0) is 18.7. The minimum atomic E-state index is -0.906. The normalized spacial score (nSPS) is 10.8. The summed E-state index contributed by atoms with van der Waals surface area (Å²) in [6.45, 7) is 10.2. The van der Waals surface area contributed by atoms with E-state index in [9.17, 15) is 9.59 Å². The first-order valence-electron chi connectivity index (χ1n) is 6.80. The predicted octanol–water partition coefficient (Wildman–Crippen LogP) is 4.70. The Labute approximate surface area is 168 Å². The number of carbonyl (C=O) groups excluding carboxylic acids is 2. The molecule has 8 heteroatoms. The standard InChI is InChI=1S/C16H18I2O6/c1-8(2)14(19)22-10-7-9(17)12(21-6)11(18)13(10)23-15(20)24-16(3,4)5/h7H,1H2,2-6H3. The fraction of sp³-hybridized carbons (Fsp3) is 0.375. The average Bonchev–Trinajstić information content (AvgIpc) is 2.41. The van der Waals surface area contributed by atoms with E-state index in [1.165, 1.54) is 14.0 Å². The molecule has 24 heavy (non-hydrogen) atoms. The van der Waals surface area contributed by atoms with E-state index < -0.39 is 17.7 Å². The molecule has 0 radical (unpaired) electrons. The maximum absolute atomic E-state index is 12.0. The molecule has 0 unspecified atom stereocenters. The Bertz CT molecular complexity index is 676. The lowest BCUT2D eigenvalue weighted by molar-refractivity contribution is -0.130. The molecule has 0 aromatic heterocycles. The summed E-state index contributed by atoms with van der Waals surface area (Å²) in [5.41, 5.74) is -0.497. The molecule has 0 atom stereocenters. The van der Waals surface area contributed by atoms with Crippen molar-refractivity contribution in [1.29, 1.82) is 0 Å². The lowest BCUT2D eigenvalue weighted by Crippen LogP contribution is -2.26. The molecule has 0 heterocycles. The fourth-order valence-electron chi connectivity index (χ4n) is 1.46. The Kier molecular flexibility index (Phi) is 7.32. The molecule has 132 valence electrons. The van der Waals surface area contributed by atoms with Crippen molar-refractivity contribution >= 4 is 57.3 Å². The molecule has 0 aliphatic carbocycles. The van der Waals surface area contributed by atoms with Crippen LogP contribution in [0.25, 0.3) is 0 Å². The smallest absolute Gasteiger partial charge is 0.494 e. The molecule has 0 bridgehead atoms. The van der Waals surface area contributed by atoms with Crippen LogP contribution in [-0.2, 0) is 9.53 Å². The first-order chi connectivity index (χ1) is 11.0. The molecular formula is C16H18I2O6. The second kappa shape index (κ2) is 8.37. The number of halogens is 2. The number of carbonyl (C=O) groups is 2. The van der Waals surface area contributed by atoms with Crippen molar-refractivity contribution in [2.75, 3.05) is 7.11 Å². The fourth-order valence-corrected chi connectivity index (χ4v) is 3.64. The topological polar surface area (TPSA) is 71.1 Å². The Morgan fingerprint density at radius 2 is 1.71 bits per heavy atom. The largest absolute Gasteiger partial charge is 0.514 e. The molecule has 0 aliphatic heterocycles. The number of ether oxygens (including phenoxy) is 4. The van der Waals surface area contributed by atoms with Crippen LogP contribution in [-0.4, -0.2) is 24.8 Å². The zero-order valence-corrected chi connectivity index (χ0v) is 18.3. The van der Waals surface area contributed by atoms with Gasteiger partial charge < -0.3 is 18.9 Å². The van der Waals surface area contributed by atoms with Gasteiger partial charge in [-0.15, -0.1) is 0 Å². The highest BCUT2D eigenvalue weighted by Gasteiger charge is 2.25. The van der Waals surface area contributed by atoms with Gasteiger partial charge in [-0.25, -0.2) is 9.59 Å². The van der Waals surface area contributed by atoms with Crippen LogP contribution in [0.15, 0.2) is 18.2 Å². The van der Waals surface area contributed by atoms with Crippen LogP contribution >= 0.6 is 45.2 Å². The maximum Gasteiger partial charge on any atom is 0.514 e. The van der Waals surface area contributed by atoms with Gasteiger partial charge in [0, 0.05) is 11.6 Å². The van der Waals surface area contributed by atoms with Gasteiger partial charge in [0.15, 0.2) is 11.5 Å². The zero-order valence-electron chi connectivity index (χ0n) is 14.0. The third-order valence-electron chi connectivity index (χ3n) is 2.43. The van der Waals surface area contributed by atoms with Crippen molar-refractivity contribution in [3.05, 3.63) is 25.4 Å². The average molecular weight is 560 g/mol. The minimum absolute atomic E-state index is 0.0525. The number of esters is 1. The Balaban J connectivity index is 3.29. The highest BCUT2D eigenvalue weighted by molar-refractivity contribution is 14.1. The molecule has 1 rings (SSSR count). The summed E-state index contributed by atoms with van der Waals surface area (Å²) in [4.78, 5) is 23.8. The van der Waals surface area contributed by atoms with E-state index in [0.717, 1.165) is 0 Å². The van der Waals surface area contributed by atoms with Gasteiger partial charge in [0.2, 0.25) is 0 Å². The van der Waals surface area contributed by atoms with Gasteiger partial charge in [0.1, 0.15) is 14.9 Å². The monoisotopic (exact) mass is 560 g/mol. The van der Waals surface area contributed by atoms with Gasteiger partial charge in [-0.05, 0) is 72.9 Å². The predicted molar refractivity (Wildman–Crippen MR) is 106 cm³/mol. The van der Waals surface area contributed by atoms with E-state index in [1.807, 2.05) is 45.2 Å². The van der Waals surface area contributed by atoms with Crippen molar-refractivity contribution in [3.63, 3.8) is 0 Å². The highest BCUT2D eigenvalue weighted by atomic mass is 127. The molecule has 0 N–H and O–H groups in total. The van der Waals surface area contributed by atoms with Gasteiger partial charge in [-0.2, -0.15) is 0 Å². The molecule has 1 aromatic rings. The van der Waals surface area contributed by atoms with Gasteiger partial charge in [-0.1, -0.05) is 6.58 Å². The Morgan fingerprint density at radius 3 is 2.17 bits per heavy atom. The molecule has 0 spiro atoms. The lowest BCUT2D eigenvalue weighted by Gasteiger charge is -2.20. The van der Waals surface area contributed by atoms with E-state index in [1.54, 1.807) is 26.8 Å². The van der Waals surface area contributed by atoms with Gasteiger partial charge >= 0.3 is 12.1 Å². The molecule has 0 aliphatic rings. The highest BCUT2D eigenvalue weighted by Crippen LogP contribution is 2.42. The number of hydrogen-bond acceptors (Lipinski definition) is 6. The second-order valence-electron chi connectivity index (χ2n) is 5.77.